The average Bonchev–Trinajstić information content (AvgIpc) is 1.84. The molecule has 80 valence electrons. The molecule has 0 aromatic rings. The lowest BCUT2D eigenvalue weighted by Crippen LogP contribution is -2.02. The van der Waals surface area contributed by atoms with Crippen molar-refractivity contribution in [2.75, 3.05) is 12.4 Å². The number of phosphoric ester groups is 1. The van der Waals surface area contributed by atoms with E-state index < -0.39 is 7.82 Å². The van der Waals surface area contributed by atoms with Crippen molar-refractivity contribution in [1.29, 1.82) is 5.41 Å². The van der Waals surface area contributed by atoms with Crippen molar-refractivity contribution in [3.05, 3.63) is 0 Å². The summed E-state index contributed by atoms with van der Waals surface area (Å²) in [4.78, 5) is 15.8. The fraction of sp³-hybridized carbons (Fsp3) is 0.800. The van der Waals surface area contributed by atoms with Gasteiger partial charge in [0, 0.05) is 0 Å². The maximum atomic E-state index is 9.70. The molecule has 5 N–H and O–H groups in total. The van der Waals surface area contributed by atoms with E-state index in [0.717, 1.165) is 5.75 Å². The minimum Gasteiger partial charge on any atom is -0.379 e. The number of amidine groups is 1. The normalized spacial score (nSPS) is 10.2. The minimum atomic E-state index is -4.17. The molecule has 13 heavy (non-hydrogen) atoms. The summed E-state index contributed by atoms with van der Waals surface area (Å²) in [5.74, 6) is 0.898. The Balaban J connectivity index is 0. The predicted octanol–water partition coefficient (Wildman–Crippen LogP) is 0.749. The Kier molecular flexibility index (Phi) is 10.1. The van der Waals surface area contributed by atoms with Crippen molar-refractivity contribution in [3.63, 3.8) is 0 Å². The highest BCUT2D eigenvalue weighted by atomic mass is 32.2. The van der Waals surface area contributed by atoms with E-state index in [1.165, 1.54) is 18.7 Å². The highest BCUT2D eigenvalue weighted by Crippen LogP contribution is 2.34. The topological polar surface area (TPSA) is 117 Å². The summed E-state index contributed by atoms with van der Waals surface area (Å²) in [7, 11) is -4.17. The number of nitrogens with two attached hydrogens (primary N) is 1. The van der Waals surface area contributed by atoms with Crippen LogP contribution in [0.15, 0.2) is 0 Å². The van der Waals surface area contributed by atoms with Crippen molar-refractivity contribution in [1.82, 2.24) is 0 Å². The molecule has 6 nitrogen and oxygen atoms in total. The Bertz CT molecular complexity index is 183. The molecular weight excluding hydrogens is 215 g/mol. The van der Waals surface area contributed by atoms with E-state index in [1.54, 1.807) is 0 Å². The molecule has 0 spiro atoms. The van der Waals surface area contributed by atoms with Gasteiger partial charge < -0.3 is 15.5 Å². The molecule has 8 heteroatoms. The molecule has 0 aliphatic heterocycles. The minimum absolute atomic E-state index is 0.0459. The van der Waals surface area contributed by atoms with E-state index >= 15 is 0 Å². The molecule has 0 amide bonds. The molecule has 0 aliphatic rings. The lowest BCUT2D eigenvalue weighted by atomic mass is 10.9. The largest absolute Gasteiger partial charge is 0.469 e. The van der Waals surface area contributed by atoms with E-state index in [9.17, 15) is 4.57 Å². The van der Waals surface area contributed by atoms with E-state index in [-0.39, 0.29) is 11.8 Å². The molecule has 0 saturated carbocycles. The van der Waals surface area contributed by atoms with Crippen LogP contribution in [0.4, 0.5) is 0 Å². The second kappa shape index (κ2) is 8.52. The highest BCUT2D eigenvalue weighted by Gasteiger charge is 2.10. The lowest BCUT2D eigenvalue weighted by Gasteiger charge is -1.98. The molecule has 0 radical (unpaired) electrons. The van der Waals surface area contributed by atoms with Crippen molar-refractivity contribution in [2.45, 2.75) is 13.8 Å². The Morgan fingerprint density at radius 3 is 2.08 bits per heavy atom. The van der Waals surface area contributed by atoms with Gasteiger partial charge in [-0.15, -0.1) is 0 Å². The van der Waals surface area contributed by atoms with Gasteiger partial charge in [-0.05, 0) is 12.7 Å². The van der Waals surface area contributed by atoms with Gasteiger partial charge in [0.25, 0.3) is 0 Å². The Hall–Kier alpha value is -0.0700. The number of rotatable bonds is 3. The molecule has 0 unspecified atom stereocenters. The Labute approximate surface area is 81.6 Å². The van der Waals surface area contributed by atoms with Crippen molar-refractivity contribution in [3.8, 4) is 0 Å². The van der Waals surface area contributed by atoms with Crippen LogP contribution in [0, 0.1) is 5.41 Å². The van der Waals surface area contributed by atoms with E-state index in [0.29, 0.717) is 0 Å². The number of phosphoric acid groups is 1. The van der Waals surface area contributed by atoms with Gasteiger partial charge in [-0.25, -0.2) is 4.57 Å². The molecule has 0 rings (SSSR count). The summed E-state index contributed by atoms with van der Waals surface area (Å²) >= 11 is 1.35. The van der Waals surface area contributed by atoms with Gasteiger partial charge in [0.15, 0.2) is 5.17 Å². The predicted molar refractivity (Wildman–Crippen MR) is 53.7 cm³/mol. The molecule has 0 aromatic carbocycles. The fourth-order valence-electron chi connectivity index (χ4n) is 0.324. The third-order valence-corrected chi connectivity index (χ3v) is 1.79. The van der Waals surface area contributed by atoms with Crippen LogP contribution in [-0.4, -0.2) is 27.3 Å². The van der Waals surface area contributed by atoms with Gasteiger partial charge in [0.05, 0.1) is 6.61 Å². The van der Waals surface area contributed by atoms with Crippen LogP contribution in [0.5, 0.6) is 0 Å². The van der Waals surface area contributed by atoms with Crippen LogP contribution in [-0.2, 0) is 9.09 Å². The first-order valence-corrected chi connectivity index (χ1v) is 6.02. The third kappa shape index (κ3) is 24.5. The zero-order valence-electron chi connectivity index (χ0n) is 7.56. The summed E-state index contributed by atoms with van der Waals surface area (Å²) < 4.78 is 13.6. The highest BCUT2D eigenvalue weighted by molar-refractivity contribution is 8.13. The summed E-state index contributed by atoms with van der Waals surface area (Å²) in [5.41, 5.74) is 4.95. The zero-order valence-corrected chi connectivity index (χ0v) is 9.27. The second-order valence-electron chi connectivity index (χ2n) is 1.71. The average molecular weight is 230 g/mol. The van der Waals surface area contributed by atoms with Crippen LogP contribution < -0.4 is 5.73 Å². The van der Waals surface area contributed by atoms with Gasteiger partial charge in [0.1, 0.15) is 0 Å². The number of hydrogen-bond acceptors (Lipinski definition) is 4. The van der Waals surface area contributed by atoms with Crippen molar-refractivity contribution in [2.24, 2.45) is 5.73 Å². The smallest absolute Gasteiger partial charge is 0.379 e. The Morgan fingerprint density at radius 1 is 1.62 bits per heavy atom. The molecule has 0 aromatic heterocycles. The molecule has 0 atom stereocenters. The quantitative estimate of drug-likeness (QED) is 0.323. The number of nitrogens with one attached hydrogen (secondary N) is 1. The van der Waals surface area contributed by atoms with E-state index in [2.05, 4.69) is 4.52 Å². The number of hydrogen-bond donors (Lipinski definition) is 4. The maximum Gasteiger partial charge on any atom is 0.469 e. The van der Waals surface area contributed by atoms with Crippen LogP contribution in [0.2, 0.25) is 0 Å². The van der Waals surface area contributed by atoms with Crippen LogP contribution in [0.1, 0.15) is 13.8 Å². The summed E-state index contributed by atoms with van der Waals surface area (Å²) in [6, 6.07) is 0. The molecular formula is C5H15N2O4PS. The van der Waals surface area contributed by atoms with Crippen molar-refractivity contribution >= 4 is 24.8 Å². The van der Waals surface area contributed by atoms with Gasteiger partial charge >= 0.3 is 7.82 Å². The van der Waals surface area contributed by atoms with Crippen LogP contribution in [0.25, 0.3) is 0 Å². The second-order valence-corrected chi connectivity index (χ2v) is 4.25. The van der Waals surface area contributed by atoms with Gasteiger partial charge in [-0.3, -0.25) is 9.93 Å². The fourth-order valence-corrected chi connectivity index (χ4v) is 0.971. The summed E-state index contributed by atoms with van der Waals surface area (Å²) in [5, 5.41) is 6.84. The summed E-state index contributed by atoms with van der Waals surface area (Å²) in [6.45, 7) is 3.52. The molecule has 0 saturated heterocycles. The molecule has 0 heterocycles. The van der Waals surface area contributed by atoms with Crippen LogP contribution >= 0.6 is 19.6 Å². The van der Waals surface area contributed by atoms with Crippen molar-refractivity contribution < 1.29 is 18.9 Å². The lowest BCUT2D eigenvalue weighted by molar-refractivity contribution is 0.206. The zero-order chi connectivity index (χ0) is 10.9. The monoisotopic (exact) mass is 230 g/mol. The third-order valence-electron chi connectivity index (χ3n) is 0.597. The first kappa shape index (κ1) is 15.4. The first-order valence-electron chi connectivity index (χ1n) is 3.50. The van der Waals surface area contributed by atoms with Gasteiger partial charge in [-0.1, -0.05) is 18.7 Å². The summed E-state index contributed by atoms with van der Waals surface area (Å²) in [6.07, 6.45) is 0. The Morgan fingerprint density at radius 2 is 2.08 bits per heavy atom. The van der Waals surface area contributed by atoms with Gasteiger partial charge in [-0.2, -0.15) is 0 Å². The van der Waals surface area contributed by atoms with E-state index in [1.807, 2.05) is 6.92 Å². The van der Waals surface area contributed by atoms with E-state index in [4.69, 9.17) is 20.9 Å². The molecule has 0 fully saturated rings. The maximum absolute atomic E-state index is 9.70. The molecule has 0 aliphatic carbocycles. The number of thioether (sulfide) groups is 1. The molecule has 0 bridgehead atoms. The first-order chi connectivity index (χ1) is 5.83. The standard InChI is InChI=1S/C3H8N2S.C2H7O4P/c1-2-6-3(4)5;1-2-6-7(3,4)5/h2H2,1H3,(H3,4,5);2H2,1H3,(H2,3,4,5). The SMILES string of the molecule is CCOP(=O)(O)O.CCSC(=N)N. The van der Waals surface area contributed by atoms with Gasteiger partial charge in [0.2, 0.25) is 0 Å². The van der Waals surface area contributed by atoms with Crippen LogP contribution in [0.3, 0.4) is 0 Å².